The van der Waals surface area contributed by atoms with Gasteiger partial charge in [-0.15, -0.1) is 0 Å². The van der Waals surface area contributed by atoms with Gasteiger partial charge in [-0.1, -0.05) is 11.6 Å². The first-order chi connectivity index (χ1) is 12.2. The Hall–Kier alpha value is -2.45. The number of sulfonamides is 1. The van der Waals surface area contributed by atoms with Crippen LogP contribution in [0.1, 0.15) is 5.69 Å². The van der Waals surface area contributed by atoms with Gasteiger partial charge in [0.1, 0.15) is 11.6 Å². The van der Waals surface area contributed by atoms with Crippen LogP contribution in [0.2, 0.25) is 5.02 Å². The molecule has 9 heteroatoms. The number of hydrogen-bond donors (Lipinski definition) is 0. The minimum Gasteiger partial charge on any atom is -0.261 e. The summed E-state index contributed by atoms with van der Waals surface area (Å²) in [6.07, 6.45) is 2.60. The molecule has 26 heavy (non-hydrogen) atoms. The molecule has 0 spiro atoms. The number of benzene rings is 2. The summed E-state index contributed by atoms with van der Waals surface area (Å²) in [4.78, 5) is 0. The molecule has 0 radical (unpaired) electrons. The fourth-order valence-electron chi connectivity index (χ4n) is 2.40. The third kappa shape index (κ3) is 4.03. The summed E-state index contributed by atoms with van der Waals surface area (Å²) in [5.41, 5.74) is 0.892. The van der Waals surface area contributed by atoms with Crippen LogP contribution in [-0.2, 0) is 16.6 Å². The highest BCUT2D eigenvalue weighted by molar-refractivity contribution is 7.92. The molecule has 3 rings (SSSR count). The number of halogens is 3. The quantitative estimate of drug-likeness (QED) is 0.658. The van der Waals surface area contributed by atoms with Gasteiger partial charge in [0.2, 0.25) is 10.0 Å². The first-order valence-electron chi connectivity index (χ1n) is 7.47. The maximum absolute atomic E-state index is 14.2. The van der Waals surface area contributed by atoms with Gasteiger partial charge in [0.25, 0.3) is 0 Å². The number of rotatable bonds is 5. The van der Waals surface area contributed by atoms with Crippen LogP contribution in [-0.4, -0.2) is 24.5 Å². The molecule has 0 N–H and O–H groups in total. The zero-order valence-electron chi connectivity index (χ0n) is 13.6. The Labute approximate surface area is 154 Å². The van der Waals surface area contributed by atoms with Crippen molar-refractivity contribution in [1.82, 2.24) is 9.78 Å². The van der Waals surface area contributed by atoms with Crippen molar-refractivity contribution in [3.05, 3.63) is 77.1 Å². The monoisotopic (exact) mass is 397 g/mol. The van der Waals surface area contributed by atoms with E-state index in [2.05, 4.69) is 5.10 Å². The Kier molecular flexibility index (Phi) is 4.97. The molecule has 0 aliphatic carbocycles. The van der Waals surface area contributed by atoms with E-state index >= 15 is 0 Å². The average Bonchev–Trinajstić information content (AvgIpc) is 3.02. The van der Waals surface area contributed by atoms with Crippen LogP contribution in [0.3, 0.4) is 0 Å². The standard InChI is InChI=1S/C17H14ClF2N3O2S/c1-26(24,25)23(17-7-2-12(18)10-16(17)20)11-14-8-9-22(21-14)15-5-3-13(19)4-6-15/h2-10H,11H2,1H3. The lowest BCUT2D eigenvalue weighted by atomic mass is 10.3. The van der Waals surface area contributed by atoms with Crippen LogP contribution in [0.25, 0.3) is 5.69 Å². The van der Waals surface area contributed by atoms with E-state index in [-0.39, 0.29) is 23.1 Å². The SMILES string of the molecule is CS(=O)(=O)N(Cc1ccn(-c2ccc(F)cc2)n1)c1ccc(Cl)cc1F. The third-order valence-corrected chi connectivity index (χ3v) is 4.98. The highest BCUT2D eigenvalue weighted by Crippen LogP contribution is 2.26. The maximum atomic E-state index is 14.2. The van der Waals surface area contributed by atoms with E-state index in [9.17, 15) is 17.2 Å². The van der Waals surface area contributed by atoms with Crippen LogP contribution in [0.5, 0.6) is 0 Å². The fraction of sp³-hybridized carbons (Fsp3) is 0.118. The molecule has 0 saturated heterocycles. The molecule has 5 nitrogen and oxygen atoms in total. The molecule has 0 bridgehead atoms. The van der Waals surface area contributed by atoms with Gasteiger partial charge in [0.05, 0.1) is 29.9 Å². The predicted octanol–water partition coefficient (Wildman–Crippen LogP) is 3.77. The second-order valence-corrected chi connectivity index (χ2v) is 7.94. The van der Waals surface area contributed by atoms with Crippen LogP contribution in [0.15, 0.2) is 54.7 Å². The van der Waals surface area contributed by atoms with Crippen molar-refractivity contribution < 1.29 is 17.2 Å². The predicted molar refractivity (Wildman–Crippen MR) is 96.0 cm³/mol. The third-order valence-electron chi connectivity index (χ3n) is 3.62. The minimum absolute atomic E-state index is 0.117. The molecule has 0 aliphatic heterocycles. The molecule has 0 amide bonds. The van der Waals surface area contributed by atoms with Crippen LogP contribution < -0.4 is 4.31 Å². The van der Waals surface area contributed by atoms with Crippen molar-refractivity contribution >= 4 is 27.3 Å². The Morgan fingerprint density at radius 3 is 2.42 bits per heavy atom. The van der Waals surface area contributed by atoms with Gasteiger partial charge in [0.15, 0.2) is 0 Å². The van der Waals surface area contributed by atoms with Gasteiger partial charge in [-0.05, 0) is 48.5 Å². The van der Waals surface area contributed by atoms with Gasteiger partial charge in [-0.3, -0.25) is 4.31 Å². The number of nitrogens with zero attached hydrogens (tertiary/aromatic N) is 3. The fourth-order valence-corrected chi connectivity index (χ4v) is 3.43. The normalized spacial score (nSPS) is 11.5. The molecule has 136 valence electrons. The topological polar surface area (TPSA) is 55.2 Å². The molecule has 0 unspecified atom stereocenters. The van der Waals surface area contributed by atoms with E-state index in [1.54, 1.807) is 24.4 Å². The van der Waals surface area contributed by atoms with Crippen molar-refractivity contribution in [2.45, 2.75) is 6.54 Å². The van der Waals surface area contributed by atoms with Crippen LogP contribution in [0, 0.1) is 11.6 Å². The van der Waals surface area contributed by atoms with Crippen molar-refractivity contribution in [2.24, 2.45) is 0 Å². The maximum Gasteiger partial charge on any atom is 0.232 e. The highest BCUT2D eigenvalue weighted by atomic mass is 35.5. The van der Waals surface area contributed by atoms with Gasteiger partial charge < -0.3 is 0 Å². The molecule has 0 saturated carbocycles. The van der Waals surface area contributed by atoms with Gasteiger partial charge in [-0.2, -0.15) is 5.10 Å². The minimum atomic E-state index is -3.76. The summed E-state index contributed by atoms with van der Waals surface area (Å²) < 4.78 is 53.9. The van der Waals surface area contributed by atoms with Crippen molar-refractivity contribution in [3.63, 3.8) is 0 Å². The largest absolute Gasteiger partial charge is 0.261 e. The summed E-state index contributed by atoms with van der Waals surface area (Å²) in [5, 5.41) is 4.44. The number of anilines is 1. The van der Waals surface area contributed by atoms with Crippen molar-refractivity contribution in [1.29, 1.82) is 0 Å². The summed E-state index contributed by atoms with van der Waals surface area (Å²) in [6, 6.07) is 11.0. The van der Waals surface area contributed by atoms with Gasteiger partial charge >= 0.3 is 0 Å². The molecule has 0 fully saturated rings. The summed E-state index contributed by atoms with van der Waals surface area (Å²) in [6.45, 7) is -0.161. The van der Waals surface area contributed by atoms with E-state index in [0.717, 1.165) is 16.6 Å². The van der Waals surface area contributed by atoms with E-state index in [0.29, 0.717) is 11.4 Å². The zero-order chi connectivity index (χ0) is 18.9. The molecule has 3 aromatic rings. The Morgan fingerprint density at radius 1 is 1.12 bits per heavy atom. The van der Waals surface area contributed by atoms with E-state index in [1.807, 2.05) is 0 Å². The zero-order valence-corrected chi connectivity index (χ0v) is 15.2. The van der Waals surface area contributed by atoms with Crippen LogP contribution >= 0.6 is 11.6 Å². The van der Waals surface area contributed by atoms with Crippen molar-refractivity contribution in [2.75, 3.05) is 10.6 Å². The molecular weight excluding hydrogens is 384 g/mol. The second-order valence-electron chi connectivity index (χ2n) is 5.59. The van der Waals surface area contributed by atoms with Gasteiger partial charge in [-0.25, -0.2) is 21.9 Å². The van der Waals surface area contributed by atoms with Gasteiger partial charge in [0, 0.05) is 11.2 Å². The lowest BCUT2D eigenvalue weighted by Gasteiger charge is -2.22. The van der Waals surface area contributed by atoms with Crippen LogP contribution in [0.4, 0.5) is 14.5 Å². The molecule has 0 atom stereocenters. The molecule has 1 heterocycles. The lowest BCUT2D eigenvalue weighted by Crippen LogP contribution is -2.30. The highest BCUT2D eigenvalue weighted by Gasteiger charge is 2.22. The Bertz CT molecular complexity index is 1040. The average molecular weight is 398 g/mol. The molecule has 1 aromatic heterocycles. The Balaban J connectivity index is 1.92. The van der Waals surface area contributed by atoms with E-state index in [4.69, 9.17) is 11.6 Å². The van der Waals surface area contributed by atoms with Crippen molar-refractivity contribution in [3.8, 4) is 5.69 Å². The summed E-state index contributed by atoms with van der Waals surface area (Å²) >= 11 is 5.73. The lowest BCUT2D eigenvalue weighted by molar-refractivity contribution is 0.589. The summed E-state index contributed by atoms with van der Waals surface area (Å²) in [7, 11) is -3.76. The van der Waals surface area contributed by atoms with E-state index in [1.165, 1.54) is 28.9 Å². The number of aromatic nitrogens is 2. The summed E-state index contributed by atoms with van der Waals surface area (Å²) in [5.74, 6) is -1.12. The first-order valence-corrected chi connectivity index (χ1v) is 9.70. The second kappa shape index (κ2) is 7.05. The van der Waals surface area contributed by atoms with E-state index < -0.39 is 15.8 Å². The first kappa shape index (κ1) is 18.3. The smallest absolute Gasteiger partial charge is 0.232 e. The molecule has 2 aromatic carbocycles. The molecule has 0 aliphatic rings. The Morgan fingerprint density at radius 2 is 1.81 bits per heavy atom. The number of hydrogen-bond acceptors (Lipinski definition) is 3. The molecular formula is C17H14ClF2N3O2S.